The molecule has 2 rings (SSSR count). The molecular formula is C16H20O2S. The molecule has 0 radical (unpaired) electrons. The van der Waals surface area contributed by atoms with Crippen molar-refractivity contribution in [2.24, 2.45) is 5.92 Å². The lowest BCUT2D eigenvalue weighted by molar-refractivity contribution is -0.116. The molecular weight excluding hydrogens is 256 g/mol. The highest BCUT2D eigenvalue weighted by Crippen LogP contribution is 2.42. The molecule has 1 fully saturated rings. The van der Waals surface area contributed by atoms with Gasteiger partial charge in [-0.05, 0) is 16.7 Å². The fraction of sp³-hybridized carbons (Fsp3) is 0.375. The van der Waals surface area contributed by atoms with E-state index in [0.717, 1.165) is 5.56 Å². The van der Waals surface area contributed by atoms with E-state index in [2.05, 4.69) is 0 Å². The first-order chi connectivity index (χ1) is 9.08. The first-order valence-corrected chi connectivity index (χ1v) is 8.07. The van der Waals surface area contributed by atoms with Crippen LogP contribution in [0.25, 0.3) is 6.08 Å². The average Bonchev–Trinajstić information content (AvgIpc) is 2.36. The maximum atomic E-state index is 12.0. The Kier molecular flexibility index (Phi) is 4.59. The van der Waals surface area contributed by atoms with Gasteiger partial charge in [-0.3, -0.25) is 9.59 Å². The summed E-state index contributed by atoms with van der Waals surface area (Å²) in [4.78, 5) is 24.1. The van der Waals surface area contributed by atoms with Gasteiger partial charge in [0.25, 0.3) is 0 Å². The summed E-state index contributed by atoms with van der Waals surface area (Å²) in [5, 5.41) is 0.530. The molecule has 0 aliphatic carbocycles. The lowest BCUT2D eigenvalue weighted by atomic mass is 10.0. The second-order valence-electron chi connectivity index (χ2n) is 5.19. The van der Waals surface area contributed by atoms with E-state index in [9.17, 15) is 9.59 Å². The predicted octanol–water partition coefficient (Wildman–Crippen LogP) is 3.57. The Bertz CT molecular complexity index is 473. The van der Waals surface area contributed by atoms with Crippen LogP contribution < -0.4 is 0 Å². The molecule has 1 aromatic carbocycles. The molecule has 0 N–H and O–H groups in total. The Morgan fingerprint density at radius 2 is 1.68 bits per heavy atom. The summed E-state index contributed by atoms with van der Waals surface area (Å²) in [5.74, 6) is 0.0812. The van der Waals surface area contributed by atoms with Crippen molar-refractivity contribution in [2.75, 3.05) is 0 Å². The van der Waals surface area contributed by atoms with E-state index in [1.165, 1.54) is 0 Å². The first kappa shape index (κ1) is 14.1. The smallest absolute Gasteiger partial charge is 0.176 e. The minimum atomic E-state index is -1.06. The fourth-order valence-electron chi connectivity index (χ4n) is 2.38. The van der Waals surface area contributed by atoms with Crippen molar-refractivity contribution in [1.82, 2.24) is 0 Å². The molecule has 0 bridgehead atoms. The summed E-state index contributed by atoms with van der Waals surface area (Å²) in [6.45, 7) is 3.95. The van der Waals surface area contributed by atoms with Crippen LogP contribution in [-0.2, 0) is 9.59 Å². The Hall–Kier alpha value is -1.35. The van der Waals surface area contributed by atoms with Crippen molar-refractivity contribution >= 4 is 27.2 Å². The molecule has 1 saturated heterocycles. The van der Waals surface area contributed by atoms with Crippen molar-refractivity contribution in [2.45, 2.75) is 31.9 Å². The lowest BCUT2D eigenvalue weighted by Crippen LogP contribution is -2.25. The van der Waals surface area contributed by atoms with Crippen molar-refractivity contribution in [1.29, 1.82) is 0 Å². The molecule has 1 heterocycles. The van der Waals surface area contributed by atoms with E-state index in [4.69, 9.17) is 0 Å². The van der Waals surface area contributed by atoms with Gasteiger partial charge in [0, 0.05) is 12.8 Å². The zero-order valence-corrected chi connectivity index (χ0v) is 12.3. The molecule has 0 amide bonds. The van der Waals surface area contributed by atoms with E-state index in [1.807, 2.05) is 56.3 Å². The van der Waals surface area contributed by atoms with Crippen molar-refractivity contribution in [3.05, 3.63) is 42.0 Å². The summed E-state index contributed by atoms with van der Waals surface area (Å²) in [6.07, 6.45) is 5.07. The quantitative estimate of drug-likeness (QED) is 0.856. The molecule has 1 aliphatic heterocycles. The largest absolute Gasteiger partial charge is 0.289 e. The molecule has 1 aliphatic rings. The molecule has 2 nitrogen and oxygen atoms in total. The van der Waals surface area contributed by atoms with Gasteiger partial charge >= 0.3 is 0 Å². The molecule has 1 aromatic rings. The lowest BCUT2D eigenvalue weighted by Gasteiger charge is -2.30. The highest BCUT2D eigenvalue weighted by molar-refractivity contribution is 8.41. The van der Waals surface area contributed by atoms with Crippen LogP contribution in [0, 0.1) is 5.92 Å². The monoisotopic (exact) mass is 276 g/mol. The predicted molar refractivity (Wildman–Crippen MR) is 82.3 cm³/mol. The maximum Gasteiger partial charge on any atom is 0.176 e. The number of carbonyl (C=O) groups excluding carboxylic acids is 2. The van der Waals surface area contributed by atoms with E-state index in [-0.39, 0.29) is 21.4 Å². The number of carbonyl (C=O) groups is 2. The van der Waals surface area contributed by atoms with Crippen molar-refractivity contribution in [3.63, 3.8) is 0 Å². The highest BCUT2D eigenvalue weighted by atomic mass is 32.2. The van der Waals surface area contributed by atoms with E-state index >= 15 is 0 Å². The topological polar surface area (TPSA) is 34.1 Å². The van der Waals surface area contributed by atoms with Gasteiger partial charge in [-0.25, -0.2) is 0 Å². The number of hydrogen-bond acceptors (Lipinski definition) is 2. The number of allylic oxidation sites excluding steroid dienone is 1. The second kappa shape index (κ2) is 6.20. The zero-order valence-electron chi connectivity index (χ0n) is 11.4. The molecule has 0 unspecified atom stereocenters. The minimum absolute atomic E-state index is 0.0812. The second-order valence-corrected chi connectivity index (χ2v) is 7.96. The fourth-order valence-corrected chi connectivity index (χ4v) is 4.67. The third-order valence-corrected chi connectivity index (χ3v) is 5.76. The Morgan fingerprint density at radius 1 is 1.11 bits per heavy atom. The van der Waals surface area contributed by atoms with Gasteiger partial charge in [0.15, 0.2) is 10.2 Å². The molecule has 0 aromatic heterocycles. The van der Waals surface area contributed by atoms with E-state index in [1.54, 1.807) is 0 Å². The Balaban J connectivity index is 2.03. The molecule has 0 spiro atoms. The van der Waals surface area contributed by atoms with Crippen LogP contribution in [0.1, 0.15) is 32.3 Å². The van der Waals surface area contributed by atoms with Crippen LogP contribution in [0.4, 0.5) is 0 Å². The Labute approximate surface area is 117 Å². The summed E-state index contributed by atoms with van der Waals surface area (Å²) >= 11 is 0. The van der Waals surface area contributed by atoms with Gasteiger partial charge in [-0.1, -0.05) is 56.3 Å². The SMILES string of the molecule is CC(C)[SH]1C(=O)CC(/C=C/c2ccccc2)CC1=O. The number of benzene rings is 1. The minimum Gasteiger partial charge on any atom is -0.289 e. The van der Waals surface area contributed by atoms with Gasteiger partial charge < -0.3 is 0 Å². The van der Waals surface area contributed by atoms with Crippen LogP contribution in [0.3, 0.4) is 0 Å². The van der Waals surface area contributed by atoms with E-state index in [0.29, 0.717) is 12.8 Å². The van der Waals surface area contributed by atoms with Crippen LogP contribution >= 0.6 is 10.9 Å². The first-order valence-electron chi connectivity index (χ1n) is 6.66. The molecule has 19 heavy (non-hydrogen) atoms. The molecule has 3 heteroatoms. The number of thiol groups is 1. The van der Waals surface area contributed by atoms with Gasteiger partial charge in [0.05, 0.1) is 0 Å². The van der Waals surface area contributed by atoms with Gasteiger partial charge in [-0.15, -0.1) is 10.9 Å². The van der Waals surface area contributed by atoms with Gasteiger partial charge in [0.2, 0.25) is 0 Å². The summed E-state index contributed by atoms with van der Waals surface area (Å²) in [5.41, 5.74) is 1.11. The molecule has 0 saturated carbocycles. The summed E-state index contributed by atoms with van der Waals surface area (Å²) in [6, 6.07) is 9.97. The van der Waals surface area contributed by atoms with E-state index < -0.39 is 10.9 Å². The van der Waals surface area contributed by atoms with Crippen molar-refractivity contribution in [3.8, 4) is 0 Å². The van der Waals surface area contributed by atoms with Crippen LogP contribution in [-0.4, -0.2) is 15.5 Å². The third kappa shape index (κ3) is 3.57. The summed E-state index contributed by atoms with van der Waals surface area (Å²) < 4.78 is 0. The number of rotatable bonds is 3. The average molecular weight is 276 g/mol. The number of hydrogen-bond donors (Lipinski definition) is 1. The summed E-state index contributed by atoms with van der Waals surface area (Å²) in [7, 11) is -1.06. The third-order valence-electron chi connectivity index (χ3n) is 3.29. The molecule has 0 atom stereocenters. The maximum absolute atomic E-state index is 12.0. The molecule has 102 valence electrons. The highest BCUT2D eigenvalue weighted by Gasteiger charge is 2.33. The normalized spacial score (nSPS) is 26.3. The standard InChI is InChI=1S/C16H20O2S/c1-12(2)19-15(17)10-14(11-16(19)18)9-8-13-6-4-3-5-7-13/h3-9,12,14,19H,10-11H2,1-2H3/b9-8+. The van der Waals surface area contributed by atoms with Gasteiger partial charge in [-0.2, -0.15) is 0 Å². The van der Waals surface area contributed by atoms with Crippen LogP contribution in [0.15, 0.2) is 36.4 Å². The van der Waals surface area contributed by atoms with Crippen LogP contribution in [0.2, 0.25) is 0 Å². The van der Waals surface area contributed by atoms with Crippen LogP contribution in [0.5, 0.6) is 0 Å². The van der Waals surface area contributed by atoms with Gasteiger partial charge in [0.1, 0.15) is 0 Å². The van der Waals surface area contributed by atoms with Crippen molar-refractivity contribution < 1.29 is 9.59 Å². The Morgan fingerprint density at radius 3 is 2.21 bits per heavy atom. The zero-order chi connectivity index (χ0) is 13.8.